The van der Waals surface area contributed by atoms with Gasteiger partial charge in [-0.1, -0.05) is 31.9 Å². The summed E-state index contributed by atoms with van der Waals surface area (Å²) < 4.78 is 3.40. The first kappa shape index (κ1) is 13.1. The van der Waals surface area contributed by atoms with Crippen molar-refractivity contribution in [1.82, 2.24) is 0 Å². The van der Waals surface area contributed by atoms with Crippen molar-refractivity contribution in [1.29, 1.82) is 0 Å². The van der Waals surface area contributed by atoms with E-state index in [1.165, 1.54) is 31.4 Å². The minimum absolute atomic E-state index is 0.0376. The van der Waals surface area contributed by atoms with Gasteiger partial charge in [-0.25, -0.2) is 4.79 Å². The van der Waals surface area contributed by atoms with Crippen LogP contribution in [-0.2, 0) is 12.8 Å². The maximum absolute atomic E-state index is 11.4. The third-order valence-electron chi connectivity index (χ3n) is 1.88. The van der Waals surface area contributed by atoms with Gasteiger partial charge >= 0.3 is 5.97 Å². The molecule has 0 radical (unpaired) electrons. The molecule has 0 amide bonds. The molecule has 7 heteroatoms. The highest BCUT2D eigenvalue weighted by molar-refractivity contribution is 9.25. The van der Waals surface area contributed by atoms with E-state index in [-0.39, 0.29) is 5.69 Å². The van der Waals surface area contributed by atoms with Crippen LogP contribution in [0.4, 0.5) is 5.69 Å². The Kier molecular flexibility index (Phi) is 4.03. The molecule has 0 bridgehead atoms. The summed E-state index contributed by atoms with van der Waals surface area (Å²) in [5, 5.41) is 10.4. The molecule has 1 aromatic rings. The molecule has 0 aliphatic heterocycles. The number of nitro benzene ring substituents is 1. The third kappa shape index (κ3) is 2.59. The monoisotopic (exact) mass is 351 g/mol. The van der Waals surface area contributed by atoms with E-state index in [2.05, 4.69) is 36.6 Å². The maximum Gasteiger partial charge on any atom is 0.338 e. The lowest BCUT2D eigenvalue weighted by Gasteiger charge is -2.17. The van der Waals surface area contributed by atoms with Gasteiger partial charge in [0.05, 0.1) is 12.0 Å². The molecule has 0 aromatic heterocycles. The minimum Gasteiger partial charge on any atom is -0.467 e. The summed E-state index contributed by atoms with van der Waals surface area (Å²) in [4.78, 5) is 21.3. The number of ether oxygens (including phenoxy) is 1. The fraction of sp³-hybridized carbons (Fsp3) is 0.222. The molecule has 0 saturated heterocycles. The Hall–Kier alpha value is -0.950. The molecule has 1 rings (SSSR count). The van der Waals surface area contributed by atoms with Crippen LogP contribution in [0.2, 0.25) is 0 Å². The fourth-order valence-electron chi connectivity index (χ4n) is 1.04. The highest BCUT2D eigenvalue weighted by Gasteiger charge is 2.35. The van der Waals surface area contributed by atoms with Gasteiger partial charge in [0.25, 0.3) is 5.69 Å². The van der Waals surface area contributed by atoms with Crippen molar-refractivity contribution in [3.8, 4) is 0 Å². The lowest BCUT2D eigenvalue weighted by atomic mass is 10.1. The second-order valence-corrected chi connectivity index (χ2v) is 6.31. The first-order valence-corrected chi connectivity index (χ1v) is 5.69. The molecule has 0 fully saturated rings. The summed E-state index contributed by atoms with van der Waals surface area (Å²) in [5.41, 5.74) is 0.481. The Morgan fingerprint density at radius 3 is 2.25 bits per heavy atom. The lowest BCUT2D eigenvalue weighted by Crippen LogP contribution is -2.23. The van der Waals surface area contributed by atoms with E-state index in [4.69, 9.17) is 0 Å². The smallest absolute Gasteiger partial charge is 0.338 e. The van der Waals surface area contributed by atoms with Gasteiger partial charge in [0.1, 0.15) is 0 Å². The van der Waals surface area contributed by atoms with E-state index < -0.39 is 14.1 Å². The first-order valence-electron chi connectivity index (χ1n) is 4.10. The Labute approximate surface area is 108 Å². The maximum atomic E-state index is 11.4. The van der Waals surface area contributed by atoms with Crippen LogP contribution in [0.25, 0.3) is 0 Å². The number of benzene rings is 1. The second kappa shape index (κ2) is 4.92. The molecule has 0 atom stereocenters. The summed E-state index contributed by atoms with van der Waals surface area (Å²) in [6, 6.07) is 5.57. The zero-order valence-electron chi connectivity index (χ0n) is 8.15. The van der Waals surface area contributed by atoms with Crippen LogP contribution in [0.15, 0.2) is 24.3 Å². The number of nitro groups is 1. The molecule has 86 valence electrons. The average molecular weight is 353 g/mol. The van der Waals surface area contributed by atoms with E-state index in [1.54, 1.807) is 0 Å². The molecule has 0 unspecified atom stereocenters. The zero-order valence-corrected chi connectivity index (χ0v) is 11.3. The van der Waals surface area contributed by atoms with E-state index >= 15 is 0 Å². The number of halogens is 2. The number of hydrogen-bond acceptors (Lipinski definition) is 4. The van der Waals surface area contributed by atoms with Crippen molar-refractivity contribution in [2.75, 3.05) is 7.11 Å². The summed E-state index contributed by atoms with van der Waals surface area (Å²) in [5.74, 6) is -0.540. The van der Waals surface area contributed by atoms with Crippen LogP contribution >= 0.6 is 31.9 Å². The van der Waals surface area contributed by atoms with Gasteiger partial charge in [0, 0.05) is 12.1 Å². The fourth-order valence-corrected chi connectivity index (χ4v) is 1.89. The molecule has 0 aliphatic carbocycles. The standard InChI is InChI=1S/C9H7Br2NO4/c1-16-8(13)9(10,11)6-2-4-7(5-3-6)12(14)15/h2-5H,1H3. The normalized spacial score (nSPS) is 10.9. The van der Waals surface area contributed by atoms with Crippen LogP contribution < -0.4 is 0 Å². The number of rotatable bonds is 3. The number of esters is 1. The molecule has 0 aliphatic rings. The molecule has 5 nitrogen and oxygen atoms in total. The van der Waals surface area contributed by atoms with Crippen LogP contribution in [0, 0.1) is 10.1 Å². The Morgan fingerprint density at radius 1 is 1.38 bits per heavy atom. The quantitative estimate of drug-likeness (QED) is 0.363. The van der Waals surface area contributed by atoms with Crippen LogP contribution in [0.3, 0.4) is 0 Å². The summed E-state index contributed by atoms with van der Waals surface area (Å²) >= 11 is 6.30. The highest BCUT2D eigenvalue weighted by atomic mass is 79.9. The van der Waals surface area contributed by atoms with Crippen molar-refractivity contribution in [2.45, 2.75) is 3.23 Å². The summed E-state index contributed by atoms with van der Waals surface area (Å²) in [6.45, 7) is 0. The van der Waals surface area contributed by atoms with Gasteiger partial charge in [-0.2, -0.15) is 0 Å². The SMILES string of the molecule is COC(=O)C(Br)(Br)c1ccc([N+](=O)[O-])cc1. The third-order valence-corrected chi connectivity index (χ3v) is 3.45. The average Bonchev–Trinajstić information content (AvgIpc) is 2.28. The number of non-ortho nitro benzene ring substituents is 1. The van der Waals surface area contributed by atoms with E-state index in [0.717, 1.165) is 0 Å². The van der Waals surface area contributed by atoms with E-state index in [1.807, 2.05) is 0 Å². The van der Waals surface area contributed by atoms with Gasteiger partial charge in [0.15, 0.2) is 0 Å². The minimum atomic E-state index is -1.18. The van der Waals surface area contributed by atoms with Crippen molar-refractivity contribution < 1.29 is 14.5 Å². The number of carbonyl (C=O) groups is 1. The number of alkyl halides is 2. The molecular formula is C9H7Br2NO4. The van der Waals surface area contributed by atoms with Crippen molar-refractivity contribution in [2.24, 2.45) is 0 Å². The lowest BCUT2D eigenvalue weighted by molar-refractivity contribution is -0.384. The molecule has 16 heavy (non-hydrogen) atoms. The topological polar surface area (TPSA) is 69.4 Å². The van der Waals surface area contributed by atoms with Crippen LogP contribution in [0.1, 0.15) is 5.56 Å². The number of methoxy groups -OCH3 is 1. The Bertz CT molecular complexity index is 416. The predicted octanol–water partition coefficient (Wildman–Crippen LogP) is 2.71. The zero-order chi connectivity index (χ0) is 12.3. The molecular weight excluding hydrogens is 346 g/mol. The number of nitrogens with zero attached hydrogens (tertiary/aromatic N) is 1. The van der Waals surface area contributed by atoms with Gasteiger partial charge < -0.3 is 4.74 Å². The van der Waals surface area contributed by atoms with Crippen molar-refractivity contribution in [3.63, 3.8) is 0 Å². The summed E-state index contributed by atoms with van der Waals surface area (Å²) in [6.07, 6.45) is 0. The van der Waals surface area contributed by atoms with Crippen molar-refractivity contribution >= 4 is 43.5 Å². The first-order chi connectivity index (χ1) is 7.39. The van der Waals surface area contributed by atoms with Gasteiger partial charge in [0.2, 0.25) is 3.23 Å². The highest BCUT2D eigenvalue weighted by Crippen LogP contribution is 2.39. The second-order valence-electron chi connectivity index (χ2n) is 2.87. The molecule has 0 N–H and O–H groups in total. The Morgan fingerprint density at radius 2 is 1.88 bits per heavy atom. The molecule has 0 spiro atoms. The van der Waals surface area contributed by atoms with Gasteiger partial charge in [-0.05, 0) is 17.7 Å². The van der Waals surface area contributed by atoms with Crippen LogP contribution in [0.5, 0.6) is 0 Å². The summed E-state index contributed by atoms with van der Waals surface area (Å²) in [7, 11) is 1.25. The van der Waals surface area contributed by atoms with Crippen molar-refractivity contribution in [3.05, 3.63) is 39.9 Å². The number of hydrogen-bond donors (Lipinski definition) is 0. The number of carbonyl (C=O) groups excluding carboxylic acids is 1. The van der Waals surface area contributed by atoms with Gasteiger partial charge in [-0.15, -0.1) is 0 Å². The largest absolute Gasteiger partial charge is 0.467 e. The molecule has 0 heterocycles. The predicted molar refractivity (Wildman–Crippen MR) is 64.6 cm³/mol. The Balaban J connectivity index is 3.06. The molecule has 0 saturated carbocycles. The van der Waals surface area contributed by atoms with E-state index in [9.17, 15) is 14.9 Å². The molecule has 1 aromatic carbocycles. The van der Waals surface area contributed by atoms with E-state index in [0.29, 0.717) is 5.56 Å². The van der Waals surface area contributed by atoms with Crippen LogP contribution in [-0.4, -0.2) is 18.0 Å². The van der Waals surface area contributed by atoms with Gasteiger partial charge in [-0.3, -0.25) is 10.1 Å².